The van der Waals surface area contributed by atoms with Crippen molar-refractivity contribution >= 4 is 10.0 Å². The molecule has 0 fully saturated rings. The van der Waals surface area contributed by atoms with E-state index in [4.69, 9.17) is 4.42 Å². The molecule has 2 rings (SSSR count). The average molecular weight is 215 g/mol. The zero-order chi connectivity index (χ0) is 10.2. The predicted molar refractivity (Wildman–Crippen MR) is 52.4 cm³/mol. The van der Waals surface area contributed by atoms with Crippen LogP contribution in [0, 0.1) is 0 Å². The minimum absolute atomic E-state index is 0.104. The fourth-order valence-electron chi connectivity index (χ4n) is 1.87. The van der Waals surface area contributed by atoms with E-state index in [0.717, 1.165) is 30.6 Å². The first-order valence-electron chi connectivity index (χ1n) is 4.60. The molecule has 0 radical (unpaired) electrons. The second-order valence-electron chi connectivity index (χ2n) is 3.63. The van der Waals surface area contributed by atoms with E-state index >= 15 is 0 Å². The second-order valence-corrected chi connectivity index (χ2v) is 5.41. The fourth-order valence-corrected chi connectivity index (χ4v) is 2.63. The summed E-state index contributed by atoms with van der Waals surface area (Å²) in [5.41, 5.74) is 0.988. The lowest BCUT2D eigenvalue weighted by Gasteiger charge is -2.21. The van der Waals surface area contributed by atoms with Crippen LogP contribution in [0.25, 0.3) is 0 Å². The standard InChI is InChI=1S/C9H13NO3S/c1-14(11,12)10-8-3-2-4-9-7(8)5-6-13-9/h5-6,8,10H,2-4H2,1H3. The molecule has 1 aromatic heterocycles. The molecule has 1 atom stereocenters. The van der Waals surface area contributed by atoms with E-state index in [9.17, 15) is 8.42 Å². The number of rotatable bonds is 2. The van der Waals surface area contributed by atoms with Gasteiger partial charge in [-0.3, -0.25) is 0 Å². The van der Waals surface area contributed by atoms with Gasteiger partial charge >= 0.3 is 0 Å². The Hall–Kier alpha value is -0.810. The quantitative estimate of drug-likeness (QED) is 0.806. The third kappa shape index (κ3) is 1.99. The first kappa shape index (κ1) is 9.73. The molecule has 1 heterocycles. The Balaban J connectivity index is 2.25. The molecule has 0 amide bonds. The van der Waals surface area contributed by atoms with Crippen LogP contribution in [0.15, 0.2) is 16.7 Å². The Morgan fingerprint density at radius 2 is 2.36 bits per heavy atom. The molecule has 1 aliphatic carbocycles. The number of sulfonamides is 1. The number of furan rings is 1. The van der Waals surface area contributed by atoms with Crippen LogP contribution >= 0.6 is 0 Å². The summed E-state index contributed by atoms with van der Waals surface area (Å²) in [6, 6.07) is 1.74. The van der Waals surface area contributed by atoms with Gasteiger partial charge in [-0.15, -0.1) is 0 Å². The number of aryl methyl sites for hydroxylation is 1. The van der Waals surface area contributed by atoms with Crippen LogP contribution in [-0.4, -0.2) is 14.7 Å². The van der Waals surface area contributed by atoms with Gasteiger partial charge in [0.1, 0.15) is 5.76 Å². The Morgan fingerprint density at radius 1 is 1.57 bits per heavy atom. The highest BCUT2D eigenvalue weighted by Gasteiger charge is 2.24. The summed E-state index contributed by atoms with van der Waals surface area (Å²) in [7, 11) is -3.14. The number of hydrogen-bond acceptors (Lipinski definition) is 3. The molecular formula is C9H13NO3S. The second kappa shape index (κ2) is 3.40. The SMILES string of the molecule is CS(=O)(=O)NC1CCCc2occc21. The predicted octanol–water partition coefficient (Wildman–Crippen LogP) is 1.21. The zero-order valence-electron chi connectivity index (χ0n) is 7.99. The van der Waals surface area contributed by atoms with Crippen molar-refractivity contribution in [1.29, 1.82) is 0 Å². The summed E-state index contributed by atoms with van der Waals surface area (Å²) in [5.74, 6) is 0.914. The topological polar surface area (TPSA) is 59.3 Å². The summed E-state index contributed by atoms with van der Waals surface area (Å²) in [6.07, 6.45) is 5.52. The van der Waals surface area contributed by atoms with Crippen molar-refractivity contribution in [2.75, 3.05) is 6.26 Å². The lowest BCUT2D eigenvalue weighted by Crippen LogP contribution is -2.29. The highest BCUT2D eigenvalue weighted by molar-refractivity contribution is 7.88. The number of fused-ring (bicyclic) bond motifs is 1. The van der Waals surface area contributed by atoms with Gasteiger partial charge in [-0.2, -0.15) is 0 Å². The zero-order valence-corrected chi connectivity index (χ0v) is 8.80. The lowest BCUT2D eigenvalue weighted by atomic mass is 9.94. The maximum atomic E-state index is 11.1. The molecule has 1 unspecified atom stereocenters. The molecule has 4 nitrogen and oxygen atoms in total. The normalized spacial score (nSPS) is 21.9. The maximum Gasteiger partial charge on any atom is 0.209 e. The molecule has 78 valence electrons. The molecule has 0 spiro atoms. The van der Waals surface area contributed by atoms with E-state index < -0.39 is 10.0 Å². The molecular weight excluding hydrogens is 202 g/mol. The number of nitrogens with one attached hydrogen (secondary N) is 1. The summed E-state index contributed by atoms with van der Waals surface area (Å²) >= 11 is 0. The van der Waals surface area contributed by atoms with Gasteiger partial charge in [-0.25, -0.2) is 13.1 Å². The molecule has 0 bridgehead atoms. The Kier molecular flexibility index (Phi) is 2.36. The highest BCUT2D eigenvalue weighted by Crippen LogP contribution is 2.30. The van der Waals surface area contributed by atoms with Gasteiger partial charge in [-0.05, 0) is 18.9 Å². The molecule has 0 saturated carbocycles. The van der Waals surface area contributed by atoms with Gasteiger partial charge in [-0.1, -0.05) is 0 Å². The fraction of sp³-hybridized carbons (Fsp3) is 0.556. The van der Waals surface area contributed by atoms with E-state index in [1.807, 2.05) is 6.07 Å². The van der Waals surface area contributed by atoms with Crippen molar-refractivity contribution in [1.82, 2.24) is 4.72 Å². The summed E-state index contributed by atoms with van der Waals surface area (Å²) < 4.78 is 30.1. The average Bonchev–Trinajstić information content (AvgIpc) is 2.49. The van der Waals surface area contributed by atoms with Crippen molar-refractivity contribution < 1.29 is 12.8 Å². The summed E-state index contributed by atoms with van der Waals surface area (Å²) in [5, 5.41) is 0. The van der Waals surface area contributed by atoms with Gasteiger partial charge in [0.05, 0.1) is 18.6 Å². The van der Waals surface area contributed by atoms with Crippen LogP contribution in [0.2, 0.25) is 0 Å². The molecule has 1 N–H and O–H groups in total. The Bertz CT molecular complexity index is 421. The van der Waals surface area contributed by atoms with Crippen LogP contribution in [0.5, 0.6) is 0 Å². The van der Waals surface area contributed by atoms with Gasteiger partial charge in [0.2, 0.25) is 10.0 Å². The minimum atomic E-state index is -3.14. The smallest absolute Gasteiger partial charge is 0.209 e. The Labute approximate surface area is 83.4 Å². The van der Waals surface area contributed by atoms with Crippen molar-refractivity contribution in [3.8, 4) is 0 Å². The van der Waals surface area contributed by atoms with Crippen molar-refractivity contribution in [3.63, 3.8) is 0 Å². The van der Waals surface area contributed by atoms with Crippen LogP contribution in [0.4, 0.5) is 0 Å². The van der Waals surface area contributed by atoms with E-state index in [2.05, 4.69) is 4.72 Å². The summed E-state index contributed by atoms with van der Waals surface area (Å²) in [4.78, 5) is 0. The van der Waals surface area contributed by atoms with E-state index in [1.54, 1.807) is 6.26 Å². The number of hydrogen-bond donors (Lipinski definition) is 1. The molecule has 1 aromatic rings. The Morgan fingerprint density at radius 3 is 3.07 bits per heavy atom. The molecule has 14 heavy (non-hydrogen) atoms. The monoisotopic (exact) mass is 215 g/mol. The molecule has 1 aliphatic rings. The van der Waals surface area contributed by atoms with Crippen molar-refractivity contribution in [2.45, 2.75) is 25.3 Å². The third-order valence-electron chi connectivity index (χ3n) is 2.41. The molecule has 0 aliphatic heterocycles. The maximum absolute atomic E-state index is 11.1. The first-order valence-corrected chi connectivity index (χ1v) is 6.49. The highest BCUT2D eigenvalue weighted by atomic mass is 32.2. The molecule has 0 aromatic carbocycles. The largest absolute Gasteiger partial charge is 0.469 e. The third-order valence-corrected chi connectivity index (χ3v) is 3.12. The minimum Gasteiger partial charge on any atom is -0.469 e. The molecule has 0 saturated heterocycles. The van der Waals surface area contributed by atoms with Crippen molar-refractivity contribution in [3.05, 3.63) is 23.7 Å². The van der Waals surface area contributed by atoms with Crippen LogP contribution < -0.4 is 4.72 Å². The van der Waals surface area contributed by atoms with Crippen LogP contribution in [0.3, 0.4) is 0 Å². The van der Waals surface area contributed by atoms with Gasteiger partial charge < -0.3 is 4.42 Å². The van der Waals surface area contributed by atoms with Gasteiger partial charge in [0.15, 0.2) is 0 Å². The van der Waals surface area contributed by atoms with Crippen LogP contribution in [-0.2, 0) is 16.4 Å². The van der Waals surface area contributed by atoms with Gasteiger partial charge in [0, 0.05) is 12.0 Å². The van der Waals surface area contributed by atoms with Gasteiger partial charge in [0.25, 0.3) is 0 Å². The van der Waals surface area contributed by atoms with Crippen LogP contribution in [0.1, 0.15) is 30.2 Å². The summed E-state index contributed by atoms with van der Waals surface area (Å²) in [6.45, 7) is 0. The van der Waals surface area contributed by atoms with Crippen molar-refractivity contribution in [2.24, 2.45) is 0 Å². The van der Waals surface area contributed by atoms with E-state index in [-0.39, 0.29) is 6.04 Å². The lowest BCUT2D eigenvalue weighted by molar-refractivity contribution is 0.439. The van der Waals surface area contributed by atoms with E-state index in [0.29, 0.717) is 0 Å². The molecule has 5 heteroatoms. The first-order chi connectivity index (χ1) is 6.56. The van der Waals surface area contributed by atoms with E-state index in [1.165, 1.54) is 6.26 Å².